The van der Waals surface area contributed by atoms with Gasteiger partial charge in [0.05, 0.1) is 11.6 Å². The number of nitrogens with zero attached hydrogens (tertiary/aromatic N) is 2. The van der Waals surface area contributed by atoms with Crippen molar-refractivity contribution in [3.8, 4) is 0 Å². The van der Waals surface area contributed by atoms with Gasteiger partial charge in [-0.2, -0.15) is 0 Å². The summed E-state index contributed by atoms with van der Waals surface area (Å²) in [5.41, 5.74) is 2.10. The SMILES string of the molecule is CCOCc1nc2c(n1C)CCC(C(=O)O)C2. The van der Waals surface area contributed by atoms with Crippen LogP contribution in [0.15, 0.2) is 0 Å². The van der Waals surface area contributed by atoms with E-state index in [1.165, 1.54) is 0 Å². The highest BCUT2D eigenvalue weighted by Crippen LogP contribution is 2.26. The summed E-state index contributed by atoms with van der Waals surface area (Å²) >= 11 is 0. The molecule has 0 spiro atoms. The summed E-state index contributed by atoms with van der Waals surface area (Å²) in [6.45, 7) is 3.11. The minimum atomic E-state index is -0.715. The van der Waals surface area contributed by atoms with Crippen molar-refractivity contribution in [3.63, 3.8) is 0 Å². The van der Waals surface area contributed by atoms with Crippen molar-refractivity contribution in [2.45, 2.75) is 32.8 Å². The van der Waals surface area contributed by atoms with Gasteiger partial charge in [-0.05, 0) is 19.8 Å². The Kier molecular flexibility index (Phi) is 3.47. The highest BCUT2D eigenvalue weighted by molar-refractivity contribution is 5.70. The zero-order valence-electron chi connectivity index (χ0n) is 10.3. The second kappa shape index (κ2) is 4.87. The lowest BCUT2D eigenvalue weighted by Gasteiger charge is -2.18. The predicted octanol–water partition coefficient (Wildman–Crippen LogP) is 1.15. The van der Waals surface area contributed by atoms with Crippen molar-refractivity contribution in [1.29, 1.82) is 0 Å². The van der Waals surface area contributed by atoms with E-state index in [9.17, 15) is 4.79 Å². The van der Waals surface area contributed by atoms with Gasteiger partial charge in [-0.1, -0.05) is 0 Å². The lowest BCUT2D eigenvalue weighted by atomic mass is 9.90. The third kappa shape index (κ3) is 2.34. The van der Waals surface area contributed by atoms with Crippen LogP contribution in [0.25, 0.3) is 0 Å². The van der Waals surface area contributed by atoms with E-state index in [-0.39, 0.29) is 5.92 Å². The fraction of sp³-hybridized carbons (Fsp3) is 0.667. The van der Waals surface area contributed by atoms with Gasteiger partial charge >= 0.3 is 5.97 Å². The summed E-state index contributed by atoms with van der Waals surface area (Å²) in [6, 6.07) is 0. The minimum Gasteiger partial charge on any atom is -0.481 e. The number of carboxylic acids is 1. The van der Waals surface area contributed by atoms with Crippen molar-refractivity contribution in [2.24, 2.45) is 13.0 Å². The summed E-state index contributed by atoms with van der Waals surface area (Å²) in [5.74, 6) is -0.104. The van der Waals surface area contributed by atoms with Gasteiger partial charge < -0.3 is 14.4 Å². The topological polar surface area (TPSA) is 64.4 Å². The number of carboxylic acid groups (broad SMARTS) is 1. The number of carbonyl (C=O) groups is 1. The second-order valence-corrected chi connectivity index (χ2v) is 4.40. The molecule has 0 fully saturated rings. The first-order valence-corrected chi connectivity index (χ1v) is 5.97. The fourth-order valence-corrected chi connectivity index (χ4v) is 2.30. The molecule has 1 aliphatic carbocycles. The largest absolute Gasteiger partial charge is 0.481 e. The average molecular weight is 238 g/mol. The standard InChI is InChI=1S/C12H18N2O3/c1-3-17-7-11-13-9-6-8(12(15)16)4-5-10(9)14(11)2/h8H,3-7H2,1-2H3,(H,15,16). The maximum atomic E-state index is 11.0. The third-order valence-electron chi connectivity index (χ3n) is 3.34. The van der Waals surface area contributed by atoms with Crippen LogP contribution in [0.5, 0.6) is 0 Å². The average Bonchev–Trinajstić information content (AvgIpc) is 2.63. The number of imidazole rings is 1. The Morgan fingerprint density at radius 2 is 2.41 bits per heavy atom. The number of aromatic nitrogens is 2. The first kappa shape index (κ1) is 12.1. The molecule has 1 unspecified atom stereocenters. The van der Waals surface area contributed by atoms with Crippen LogP contribution in [0.2, 0.25) is 0 Å². The quantitative estimate of drug-likeness (QED) is 0.854. The summed E-state index contributed by atoms with van der Waals surface area (Å²) in [6.07, 6.45) is 2.04. The van der Waals surface area contributed by atoms with Gasteiger partial charge in [0, 0.05) is 25.8 Å². The number of hydrogen-bond acceptors (Lipinski definition) is 3. The lowest BCUT2D eigenvalue weighted by molar-refractivity contribution is -0.142. The van der Waals surface area contributed by atoms with E-state index in [4.69, 9.17) is 9.84 Å². The maximum Gasteiger partial charge on any atom is 0.306 e. The first-order valence-electron chi connectivity index (χ1n) is 5.97. The molecular weight excluding hydrogens is 220 g/mol. The van der Waals surface area contributed by atoms with Crippen LogP contribution in [0.1, 0.15) is 30.6 Å². The molecule has 0 bridgehead atoms. The highest BCUT2D eigenvalue weighted by Gasteiger charge is 2.28. The molecular formula is C12H18N2O3. The van der Waals surface area contributed by atoms with E-state index in [1.807, 2.05) is 18.5 Å². The molecule has 0 aliphatic heterocycles. The van der Waals surface area contributed by atoms with Crippen LogP contribution >= 0.6 is 0 Å². The van der Waals surface area contributed by atoms with Gasteiger partial charge in [0.25, 0.3) is 0 Å². The fourth-order valence-electron chi connectivity index (χ4n) is 2.30. The zero-order chi connectivity index (χ0) is 12.4. The molecule has 17 heavy (non-hydrogen) atoms. The van der Waals surface area contributed by atoms with E-state index in [1.54, 1.807) is 0 Å². The first-order chi connectivity index (χ1) is 8.13. The number of rotatable bonds is 4. The molecule has 94 valence electrons. The van der Waals surface area contributed by atoms with Crippen molar-refractivity contribution in [2.75, 3.05) is 6.61 Å². The summed E-state index contributed by atoms with van der Waals surface area (Å²) in [5, 5.41) is 9.02. The zero-order valence-corrected chi connectivity index (χ0v) is 10.3. The molecule has 1 heterocycles. The molecule has 1 aromatic heterocycles. The molecule has 0 amide bonds. The number of hydrogen-bond donors (Lipinski definition) is 1. The van der Waals surface area contributed by atoms with E-state index < -0.39 is 5.97 Å². The molecule has 0 saturated carbocycles. The van der Waals surface area contributed by atoms with Gasteiger partial charge in [0.2, 0.25) is 0 Å². The molecule has 5 heteroatoms. The molecule has 0 saturated heterocycles. The van der Waals surface area contributed by atoms with Gasteiger partial charge in [0.1, 0.15) is 12.4 Å². The van der Waals surface area contributed by atoms with Crippen molar-refractivity contribution >= 4 is 5.97 Å². The van der Waals surface area contributed by atoms with Crippen LogP contribution in [-0.4, -0.2) is 27.2 Å². The van der Waals surface area contributed by atoms with E-state index in [0.717, 1.165) is 23.6 Å². The van der Waals surface area contributed by atoms with Gasteiger partial charge in [-0.3, -0.25) is 4.79 Å². The number of aliphatic carboxylic acids is 1. The van der Waals surface area contributed by atoms with Crippen LogP contribution < -0.4 is 0 Å². The normalized spacial score (nSPS) is 19.1. The summed E-state index contributed by atoms with van der Waals surface area (Å²) in [7, 11) is 1.97. The molecule has 1 aromatic rings. The lowest BCUT2D eigenvalue weighted by Crippen LogP contribution is -2.22. The Labute approximate surface area is 100 Å². The molecule has 1 N–H and O–H groups in total. The van der Waals surface area contributed by atoms with Gasteiger partial charge in [0.15, 0.2) is 0 Å². The Bertz CT molecular complexity index is 426. The van der Waals surface area contributed by atoms with Crippen LogP contribution in [-0.2, 0) is 36.0 Å². The van der Waals surface area contributed by atoms with Gasteiger partial charge in [-0.25, -0.2) is 4.98 Å². The van der Waals surface area contributed by atoms with E-state index >= 15 is 0 Å². The minimum absolute atomic E-state index is 0.280. The Morgan fingerprint density at radius 3 is 3.06 bits per heavy atom. The predicted molar refractivity (Wildman–Crippen MR) is 61.7 cm³/mol. The Balaban J connectivity index is 2.19. The third-order valence-corrected chi connectivity index (χ3v) is 3.34. The Hall–Kier alpha value is -1.36. The second-order valence-electron chi connectivity index (χ2n) is 4.40. The maximum absolute atomic E-state index is 11.0. The van der Waals surface area contributed by atoms with E-state index in [0.29, 0.717) is 26.1 Å². The highest BCUT2D eigenvalue weighted by atomic mass is 16.5. The van der Waals surface area contributed by atoms with Gasteiger partial charge in [-0.15, -0.1) is 0 Å². The summed E-state index contributed by atoms with van der Waals surface area (Å²) in [4.78, 5) is 15.5. The summed E-state index contributed by atoms with van der Waals surface area (Å²) < 4.78 is 7.40. The molecule has 1 atom stereocenters. The molecule has 2 rings (SSSR count). The molecule has 5 nitrogen and oxygen atoms in total. The number of fused-ring (bicyclic) bond motifs is 1. The Morgan fingerprint density at radius 1 is 1.65 bits per heavy atom. The molecule has 1 aliphatic rings. The van der Waals surface area contributed by atoms with Crippen LogP contribution in [0.4, 0.5) is 0 Å². The van der Waals surface area contributed by atoms with E-state index in [2.05, 4.69) is 4.98 Å². The van der Waals surface area contributed by atoms with Crippen molar-refractivity contribution in [3.05, 3.63) is 17.2 Å². The smallest absolute Gasteiger partial charge is 0.306 e. The van der Waals surface area contributed by atoms with Crippen molar-refractivity contribution < 1.29 is 14.6 Å². The molecule has 0 radical (unpaired) electrons. The molecule has 0 aromatic carbocycles. The van der Waals surface area contributed by atoms with Crippen LogP contribution in [0, 0.1) is 5.92 Å². The monoisotopic (exact) mass is 238 g/mol. The number of ether oxygens (including phenoxy) is 1. The van der Waals surface area contributed by atoms with Crippen molar-refractivity contribution in [1.82, 2.24) is 9.55 Å². The van der Waals surface area contributed by atoms with Crippen LogP contribution in [0.3, 0.4) is 0 Å².